The number of ether oxygens (including phenoxy) is 1. The Hall–Kier alpha value is -1.66. The zero-order chi connectivity index (χ0) is 21.7. The first-order valence-electron chi connectivity index (χ1n) is 11.2. The van der Waals surface area contributed by atoms with Crippen LogP contribution in [0.4, 0.5) is 4.39 Å². The van der Waals surface area contributed by atoms with Crippen molar-refractivity contribution in [2.24, 2.45) is 22.7 Å². The van der Waals surface area contributed by atoms with Crippen LogP contribution in [0.3, 0.4) is 0 Å². The molecule has 0 aromatic rings. The molecule has 0 spiro atoms. The van der Waals surface area contributed by atoms with Gasteiger partial charge in [-0.1, -0.05) is 19.9 Å². The quantitative estimate of drug-likeness (QED) is 0.596. The fraction of sp³-hybridized carbons (Fsp3) is 0.708. The third kappa shape index (κ3) is 2.76. The summed E-state index contributed by atoms with van der Waals surface area (Å²) in [7, 11) is 0. The Kier molecular flexibility index (Phi) is 5.38. The molecule has 6 atom stereocenters. The van der Waals surface area contributed by atoms with Crippen molar-refractivity contribution in [2.45, 2.75) is 71.1 Å². The fourth-order valence-corrected chi connectivity index (χ4v) is 7.22. The first-order chi connectivity index (χ1) is 14.3. The van der Waals surface area contributed by atoms with Gasteiger partial charge < -0.3 is 20.3 Å². The highest BCUT2D eigenvalue weighted by Gasteiger charge is 2.69. The Morgan fingerprint density at radius 1 is 1.37 bits per heavy atom. The summed E-state index contributed by atoms with van der Waals surface area (Å²) in [6, 6.07) is 0. The monoisotopic (exact) mass is 419 g/mol. The van der Waals surface area contributed by atoms with E-state index in [1.165, 1.54) is 0 Å². The summed E-state index contributed by atoms with van der Waals surface area (Å²) in [6.45, 7) is 6.33. The summed E-state index contributed by atoms with van der Waals surface area (Å²) in [5, 5.41) is 23.8. The Morgan fingerprint density at radius 2 is 2.13 bits per heavy atom. The summed E-state index contributed by atoms with van der Waals surface area (Å²) in [6.07, 6.45) is 7.30. The van der Waals surface area contributed by atoms with E-state index < -0.39 is 22.6 Å². The van der Waals surface area contributed by atoms with Gasteiger partial charge in [0.1, 0.15) is 5.67 Å². The van der Waals surface area contributed by atoms with Crippen LogP contribution >= 0.6 is 0 Å². The van der Waals surface area contributed by atoms with E-state index in [0.29, 0.717) is 50.8 Å². The van der Waals surface area contributed by atoms with Gasteiger partial charge in [-0.05, 0) is 67.6 Å². The average molecular weight is 420 g/mol. The molecule has 0 bridgehead atoms. The van der Waals surface area contributed by atoms with Gasteiger partial charge in [0.25, 0.3) is 0 Å². The Labute approximate surface area is 178 Å². The summed E-state index contributed by atoms with van der Waals surface area (Å²) < 4.78 is 22.8. The van der Waals surface area contributed by atoms with E-state index in [2.05, 4.69) is 18.3 Å². The van der Waals surface area contributed by atoms with Crippen LogP contribution in [0, 0.1) is 22.7 Å². The van der Waals surface area contributed by atoms with Gasteiger partial charge in [0.15, 0.2) is 0 Å². The Bertz CT molecular complexity index is 820. The molecule has 4 rings (SSSR count). The van der Waals surface area contributed by atoms with E-state index in [-0.39, 0.29) is 18.4 Å². The third-order valence-corrected chi connectivity index (χ3v) is 8.69. The zero-order valence-electron chi connectivity index (χ0n) is 18.2. The number of rotatable bonds is 5. The van der Waals surface area contributed by atoms with E-state index in [1.54, 1.807) is 0 Å². The van der Waals surface area contributed by atoms with Crippen molar-refractivity contribution in [1.29, 1.82) is 0 Å². The van der Waals surface area contributed by atoms with Crippen LogP contribution in [0.5, 0.6) is 0 Å². The maximum Gasteiger partial charge on any atom is 0.211 e. The number of aliphatic hydroxyl groups is 2. The molecular weight excluding hydrogens is 385 g/mol. The second-order valence-corrected chi connectivity index (χ2v) is 9.81. The number of alkyl halides is 1. The summed E-state index contributed by atoms with van der Waals surface area (Å²) in [4.78, 5) is 11.0. The number of allylic oxidation sites excluding steroid dienone is 5. The minimum absolute atomic E-state index is 0.0581. The number of carbonyl (C=O) groups is 1. The number of halogens is 1. The second-order valence-electron chi connectivity index (χ2n) is 9.81. The van der Waals surface area contributed by atoms with Crippen molar-refractivity contribution in [1.82, 2.24) is 5.32 Å². The van der Waals surface area contributed by atoms with E-state index in [1.807, 2.05) is 19.9 Å². The van der Waals surface area contributed by atoms with E-state index in [4.69, 9.17) is 4.74 Å². The van der Waals surface area contributed by atoms with Gasteiger partial charge in [-0.25, -0.2) is 4.39 Å². The number of carbonyl (C=O) groups excluding carboxylic acids is 1. The van der Waals surface area contributed by atoms with Crippen LogP contribution in [-0.2, 0) is 9.53 Å². The number of hydrogen-bond donors (Lipinski definition) is 3. The second kappa shape index (κ2) is 7.49. The molecule has 0 aliphatic heterocycles. The predicted molar refractivity (Wildman–Crippen MR) is 112 cm³/mol. The van der Waals surface area contributed by atoms with Gasteiger partial charge in [0, 0.05) is 23.5 Å². The number of aliphatic hydroxyl groups excluding tert-OH is 2. The van der Waals surface area contributed by atoms with Crippen molar-refractivity contribution < 1.29 is 24.1 Å². The van der Waals surface area contributed by atoms with Crippen LogP contribution in [0.1, 0.15) is 59.3 Å². The van der Waals surface area contributed by atoms with Gasteiger partial charge in [0.05, 0.1) is 25.1 Å². The smallest absolute Gasteiger partial charge is 0.211 e. The molecule has 0 unspecified atom stereocenters. The summed E-state index contributed by atoms with van der Waals surface area (Å²) >= 11 is 0. The van der Waals surface area contributed by atoms with Crippen molar-refractivity contribution in [2.75, 3.05) is 13.2 Å². The zero-order valence-corrected chi connectivity index (χ0v) is 18.2. The van der Waals surface area contributed by atoms with Crippen LogP contribution in [-0.4, -0.2) is 41.6 Å². The van der Waals surface area contributed by atoms with Crippen LogP contribution < -0.4 is 5.32 Å². The number of nitrogens with one attached hydrogen (secondary N) is 1. The molecule has 2 fully saturated rings. The molecule has 0 aromatic heterocycles. The first kappa shape index (κ1) is 21.6. The van der Waals surface area contributed by atoms with Gasteiger partial charge >= 0.3 is 0 Å². The highest BCUT2D eigenvalue weighted by Crippen LogP contribution is 2.69. The van der Waals surface area contributed by atoms with Gasteiger partial charge in [-0.3, -0.25) is 4.79 Å². The van der Waals surface area contributed by atoms with E-state index in [9.17, 15) is 15.0 Å². The largest absolute Gasteiger partial charge is 0.498 e. The molecule has 0 radical (unpaired) electrons. The molecule has 5 nitrogen and oxygen atoms in total. The van der Waals surface area contributed by atoms with Crippen molar-refractivity contribution in [3.05, 3.63) is 34.8 Å². The highest BCUT2D eigenvalue weighted by atomic mass is 19.1. The standard InChI is InChI=1S/C24H34FNO4/c1-4-30-16-9-10-23(3)15(11-16)5-6-18-17-7-8-19(20(13-27)26-14-28)22(17,2)12-21(29)24(18,23)25/h5,11,14,17-18,21,27,29H,4,6-10,12-13H2,1-3H3,(H,26,28)/t17-,18-,21-,22-,23-,24-/m0/s1. The summed E-state index contributed by atoms with van der Waals surface area (Å²) in [5.41, 5.74) is -0.464. The van der Waals surface area contributed by atoms with Gasteiger partial charge in [-0.2, -0.15) is 0 Å². The van der Waals surface area contributed by atoms with Crippen LogP contribution in [0.25, 0.3) is 0 Å². The molecule has 30 heavy (non-hydrogen) atoms. The lowest BCUT2D eigenvalue weighted by molar-refractivity contribution is -0.189. The molecule has 4 aliphatic carbocycles. The average Bonchev–Trinajstić information content (AvgIpc) is 3.04. The minimum atomic E-state index is -1.71. The number of amides is 1. The lowest BCUT2D eigenvalue weighted by Gasteiger charge is -2.61. The SMILES string of the molecule is CCOC1=CC2=CC[C@H]3[C@@H]4CCC(=C(CO)NC=O)[C@@]4(C)C[C@H](O)[C@]3(F)[C@@]2(C)CC1. The maximum absolute atomic E-state index is 17.1. The number of hydrogen-bond acceptors (Lipinski definition) is 4. The topological polar surface area (TPSA) is 78.8 Å². The third-order valence-electron chi connectivity index (χ3n) is 8.69. The minimum Gasteiger partial charge on any atom is -0.498 e. The fourth-order valence-electron chi connectivity index (χ4n) is 7.22. The van der Waals surface area contributed by atoms with E-state index in [0.717, 1.165) is 23.3 Å². The molecule has 4 aliphatic rings. The molecule has 1 amide bonds. The molecule has 2 saturated carbocycles. The van der Waals surface area contributed by atoms with Crippen molar-refractivity contribution in [3.63, 3.8) is 0 Å². The Morgan fingerprint density at radius 3 is 2.80 bits per heavy atom. The van der Waals surface area contributed by atoms with Crippen molar-refractivity contribution >= 4 is 6.41 Å². The molecule has 6 heteroatoms. The molecule has 0 saturated heterocycles. The van der Waals surface area contributed by atoms with Crippen LogP contribution in [0.15, 0.2) is 34.8 Å². The molecular formula is C24H34FNO4. The first-order valence-corrected chi connectivity index (χ1v) is 11.2. The Balaban J connectivity index is 1.76. The molecule has 166 valence electrons. The summed E-state index contributed by atoms with van der Waals surface area (Å²) in [5.74, 6) is 0.663. The van der Waals surface area contributed by atoms with Crippen LogP contribution in [0.2, 0.25) is 0 Å². The highest BCUT2D eigenvalue weighted by molar-refractivity contribution is 5.52. The predicted octanol–water partition coefficient (Wildman–Crippen LogP) is 3.53. The van der Waals surface area contributed by atoms with Gasteiger partial charge in [-0.15, -0.1) is 0 Å². The van der Waals surface area contributed by atoms with E-state index >= 15 is 4.39 Å². The van der Waals surface area contributed by atoms with Crippen molar-refractivity contribution in [3.8, 4) is 0 Å². The maximum atomic E-state index is 17.1. The number of fused-ring (bicyclic) bond motifs is 5. The van der Waals surface area contributed by atoms with Gasteiger partial charge in [0.2, 0.25) is 6.41 Å². The molecule has 3 N–H and O–H groups in total. The molecule has 0 heterocycles. The normalized spacial score (nSPS) is 44.1. The molecule has 0 aromatic carbocycles. The lowest BCUT2D eigenvalue weighted by Crippen LogP contribution is -2.66. The lowest BCUT2D eigenvalue weighted by atomic mass is 9.46.